The van der Waals surface area contributed by atoms with E-state index in [1.807, 2.05) is 43.0 Å². The first-order valence-electron chi connectivity index (χ1n) is 9.51. The molecular formula is C20H24N6O2. The minimum absolute atomic E-state index is 0.0335. The monoisotopic (exact) mass is 380 g/mol. The predicted octanol–water partition coefficient (Wildman–Crippen LogP) is 2.42. The summed E-state index contributed by atoms with van der Waals surface area (Å²) >= 11 is 0. The van der Waals surface area contributed by atoms with Crippen molar-refractivity contribution >= 4 is 5.91 Å². The molecule has 0 atom stereocenters. The zero-order valence-electron chi connectivity index (χ0n) is 16.2. The number of carbonyl (C=O) groups excluding carboxylic acids is 1. The maximum Gasteiger partial charge on any atom is 0.254 e. The third-order valence-electron chi connectivity index (χ3n) is 5.27. The maximum atomic E-state index is 13.2. The van der Waals surface area contributed by atoms with Gasteiger partial charge in [0.05, 0.1) is 11.3 Å². The van der Waals surface area contributed by atoms with Crippen molar-refractivity contribution in [1.82, 2.24) is 30.1 Å². The van der Waals surface area contributed by atoms with Crippen LogP contribution in [0.2, 0.25) is 0 Å². The molecule has 0 saturated carbocycles. The van der Waals surface area contributed by atoms with Gasteiger partial charge in [0.25, 0.3) is 5.91 Å². The molecule has 0 aliphatic carbocycles. The van der Waals surface area contributed by atoms with Gasteiger partial charge in [-0.3, -0.25) is 14.8 Å². The van der Waals surface area contributed by atoms with E-state index in [0.29, 0.717) is 17.9 Å². The fraction of sp³-hybridized carbons (Fsp3) is 0.400. The molecule has 8 heteroatoms. The summed E-state index contributed by atoms with van der Waals surface area (Å²) in [5.41, 5.74) is 3.52. The fourth-order valence-corrected chi connectivity index (χ4v) is 3.67. The van der Waals surface area contributed by atoms with Gasteiger partial charge < -0.3 is 9.42 Å². The number of carbonyl (C=O) groups is 1. The average Bonchev–Trinajstić information content (AvgIpc) is 3.28. The summed E-state index contributed by atoms with van der Waals surface area (Å²) in [6.07, 6.45) is 2.38. The van der Waals surface area contributed by atoms with Crippen LogP contribution in [0.5, 0.6) is 0 Å². The van der Waals surface area contributed by atoms with Crippen LogP contribution in [0.3, 0.4) is 0 Å². The van der Waals surface area contributed by atoms with Crippen molar-refractivity contribution in [2.24, 2.45) is 0 Å². The molecule has 1 fully saturated rings. The van der Waals surface area contributed by atoms with E-state index in [9.17, 15) is 4.79 Å². The van der Waals surface area contributed by atoms with Crippen LogP contribution in [-0.2, 0) is 6.54 Å². The molecule has 4 rings (SSSR count). The standard InChI is InChI=1S/C20H24N6O2/c1-14-18(15(2)28-24-14)12-25-8-5-9-26(11-10-25)20(27)17-7-4-3-6-16(17)19-21-13-22-23-19/h3-4,6-7,13H,5,8-12H2,1-2H3,(H,21,22,23). The number of nitrogens with one attached hydrogen (secondary N) is 1. The van der Waals surface area contributed by atoms with Crippen LogP contribution in [0.25, 0.3) is 11.4 Å². The van der Waals surface area contributed by atoms with Gasteiger partial charge in [0.15, 0.2) is 5.82 Å². The molecule has 1 amide bonds. The summed E-state index contributed by atoms with van der Waals surface area (Å²) < 4.78 is 5.28. The number of nitrogens with zero attached hydrogens (tertiary/aromatic N) is 5. The highest BCUT2D eigenvalue weighted by Gasteiger charge is 2.24. The highest BCUT2D eigenvalue weighted by atomic mass is 16.5. The number of rotatable bonds is 4. The minimum Gasteiger partial charge on any atom is -0.361 e. The zero-order chi connectivity index (χ0) is 19.5. The van der Waals surface area contributed by atoms with E-state index in [4.69, 9.17) is 4.52 Å². The molecule has 0 radical (unpaired) electrons. The van der Waals surface area contributed by atoms with Crippen LogP contribution in [0, 0.1) is 13.8 Å². The van der Waals surface area contributed by atoms with Gasteiger partial charge in [-0.2, -0.15) is 5.10 Å². The maximum absolute atomic E-state index is 13.2. The molecule has 0 unspecified atom stereocenters. The number of aromatic nitrogens is 4. The minimum atomic E-state index is 0.0335. The lowest BCUT2D eigenvalue weighted by Gasteiger charge is -2.22. The molecule has 3 aromatic rings. The number of H-pyrrole nitrogens is 1. The van der Waals surface area contributed by atoms with Crippen LogP contribution >= 0.6 is 0 Å². The molecule has 1 aliphatic rings. The molecule has 1 aromatic carbocycles. The van der Waals surface area contributed by atoms with Crippen LogP contribution < -0.4 is 0 Å². The fourth-order valence-electron chi connectivity index (χ4n) is 3.67. The molecular weight excluding hydrogens is 356 g/mol. The Hall–Kier alpha value is -3.00. The van der Waals surface area contributed by atoms with Gasteiger partial charge in [-0.05, 0) is 26.3 Å². The van der Waals surface area contributed by atoms with Crippen molar-refractivity contribution in [1.29, 1.82) is 0 Å². The Labute approximate surface area is 163 Å². The van der Waals surface area contributed by atoms with E-state index < -0.39 is 0 Å². The van der Waals surface area contributed by atoms with Crippen LogP contribution in [-0.4, -0.2) is 62.2 Å². The van der Waals surface area contributed by atoms with Crippen molar-refractivity contribution in [3.63, 3.8) is 0 Å². The molecule has 1 aliphatic heterocycles. The number of aromatic amines is 1. The highest BCUT2D eigenvalue weighted by molar-refractivity contribution is 6.00. The Morgan fingerprint density at radius 3 is 2.79 bits per heavy atom. The van der Waals surface area contributed by atoms with Gasteiger partial charge in [0.1, 0.15) is 12.1 Å². The number of hydrogen-bond donors (Lipinski definition) is 1. The Morgan fingerprint density at radius 1 is 1.18 bits per heavy atom. The first-order valence-corrected chi connectivity index (χ1v) is 9.51. The summed E-state index contributed by atoms with van der Waals surface area (Å²) in [7, 11) is 0. The van der Waals surface area contributed by atoms with Crippen LogP contribution in [0.15, 0.2) is 35.1 Å². The molecule has 0 bridgehead atoms. The van der Waals surface area contributed by atoms with Crippen LogP contribution in [0.4, 0.5) is 0 Å². The van der Waals surface area contributed by atoms with Crippen molar-refractivity contribution in [3.05, 3.63) is 53.2 Å². The first kappa shape index (κ1) is 18.4. The van der Waals surface area contributed by atoms with E-state index in [1.54, 1.807) is 0 Å². The molecule has 1 saturated heterocycles. The number of hydrogen-bond acceptors (Lipinski definition) is 6. The largest absolute Gasteiger partial charge is 0.361 e. The van der Waals surface area contributed by atoms with Gasteiger partial charge in [0, 0.05) is 43.9 Å². The van der Waals surface area contributed by atoms with Gasteiger partial charge in [-0.15, -0.1) is 0 Å². The zero-order valence-corrected chi connectivity index (χ0v) is 16.2. The van der Waals surface area contributed by atoms with E-state index >= 15 is 0 Å². The Kier molecular flexibility index (Phi) is 5.21. The molecule has 28 heavy (non-hydrogen) atoms. The summed E-state index contributed by atoms with van der Waals surface area (Å²) in [6.45, 7) is 7.91. The van der Waals surface area contributed by atoms with Crippen molar-refractivity contribution in [2.45, 2.75) is 26.8 Å². The quantitative estimate of drug-likeness (QED) is 0.747. The lowest BCUT2D eigenvalue weighted by molar-refractivity contribution is 0.0761. The summed E-state index contributed by atoms with van der Waals surface area (Å²) in [5.74, 6) is 1.51. The van der Waals surface area contributed by atoms with E-state index in [2.05, 4.69) is 25.2 Å². The van der Waals surface area contributed by atoms with Crippen LogP contribution in [0.1, 0.15) is 33.8 Å². The second-order valence-electron chi connectivity index (χ2n) is 7.10. The summed E-state index contributed by atoms with van der Waals surface area (Å²) in [5, 5.41) is 10.8. The second-order valence-corrected chi connectivity index (χ2v) is 7.10. The molecule has 2 aromatic heterocycles. The number of benzene rings is 1. The summed E-state index contributed by atoms with van der Waals surface area (Å²) in [4.78, 5) is 21.7. The number of amides is 1. The van der Waals surface area contributed by atoms with Crippen molar-refractivity contribution < 1.29 is 9.32 Å². The molecule has 146 valence electrons. The summed E-state index contributed by atoms with van der Waals surface area (Å²) in [6, 6.07) is 7.54. The third kappa shape index (κ3) is 3.68. The van der Waals surface area contributed by atoms with Crippen molar-refractivity contribution in [3.8, 4) is 11.4 Å². The molecule has 3 heterocycles. The number of aryl methyl sites for hydroxylation is 2. The highest BCUT2D eigenvalue weighted by Crippen LogP contribution is 2.22. The Bertz CT molecular complexity index is 930. The smallest absolute Gasteiger partial charge is 0.254 e. The molecule has 0 spiro atoms. The van der Waals surface area contributed by atoms with Gasteiger partial charge in [-0.1, -0.05) is 23.4 Å². The van der Waals surface area contributed by atoms with Gasteiger partial charge in [0.2, 0.25) is 0 Å². The first-order chi connectivity index (χ1) is 13.6. The van der Waals surface area contributed by atoms with E-state index in [-0.39, 0.29) is 5.91 Å². The topological polar surface area (TPSA) is 91.2 Å². The molecule has 8 nitrogen and oxygen atoms in total. The predicted molar refractivity (Wildman–Crippen MR) is 104 cm³/mol. The van der Waals surface area contributed by atoms with E-state index in [0.717, 1.165) is 55.2 Å². The van der Waals surface area contributed by atoms with E-state index in [1.165, 1.54) is 6.33 Å². The van der Waals surface area contributed by atoms with Crippen molar-refractivity contribution in [2.75, 3.05) is 26.2 Å². The SMILES string of the molecule is Cc1noc(C)c1CN1CCCN(C(=O)c2ccccc2-c2ncn[nH]2)CC1. The second kappa shape index (κ2) is 7.93. The Morgan fingerprint density at radius 2 is 2.04 bits per heavy atom. The van der Waals surface area contributed by atoms with Gasteiger partial charge >= 0.3 is 0 Å². The normalized spacial score (nSPS) is 15.6. The lowest BCUT2D eigenvalue weighted by Crippen LogP contribution is -2.35. The molecule has 1 N–H and O–H groups in total. The lowest BCUT2D eigenvalue weighted by atomic mass is 10.1. The average molecular weight is 380 g/mol. The van der Waals surface area contributed by atoms with Gasteiger partial charge in [-0.25, -0.2) is 4.98 Å². The third-order valence-corrected chi connectivity index (χ3v) is 5.27. The Balaban J connectivity index is 1.47.